The average Bonchev–Trinajstić information content (AvgIpc) is 2.88. The van der Waals surface area contributed by atoms with Gasteiger partial charge in [0.15, 0.2) is 0 Å². The number of benzene rings is 1. The predicted octanol–water partition coefficient (Wildman–Crippen LogP) is 4.40. The van der Waals surface area contributed by atoms with Gasteiger partial charge in [-0.05, 0) is 43.7 Å². The van der Waals surface area contributed by atoms with Gasteiger partial charge in [-0.25, -0.2) is 0 Å². The highest BCUT2D eigenvalue weighted by Gasteiger charge is 2.21. The fourth-order valence-electron chi connectivity index (χ4n) is 3.44. The van der Waals surface area contributed by atoms with Gasteiger partial charge in [0.25, 0.3) is 0 Å². The minimum atomic E-state index is -0.843. The van der Waals surface area contributed by atoms with Crippen molar-refractivity contribution in [3.8, 4) is 0 Å². The number of para-hydroxylation sites is 1. The number of H-pyrrole nitrogens is 1. The third-order valence-electron chi connectivity index (χ3n) is 4.70. The molecule has 0 aliphatic heterocycles. The Kier molecular flexibility index (Phi) is 4.31. The van der Waals surface area contributed by atoms with Gasteiger partial charge in [0, 0.05) is 29.4 Å². The molecule has 3 N–H and O–H groups in total. The van der Waals surface area contributed by atoms with Crippen LogP contribution in [-0.2, 0) is 12.0 Å². The van der Waals surface area contributed by atoms with Crippen LogP contribution in [0, 0.1) is 5.41 Å². The van der Waals surface area contributed by atoms with Crippen LogP contribution in [0.1, 0.15) is 45.2 Å². The van der Waals surface area contributed by atoms with Crippen molar-refractivity contribution in [1.29, 1.82) is 0 Å². The van der Waals surface area contributed by atoms with Crippen LogP contribution in [0.15, 0.2) is 48.3 Å². The van der Waals surface area contributed by atoms with Gasteiger partial charge < -0.3 is 15.4 Å². The fraction of sp³-hybridized carbons (Fsp3) is 0.429. The summed E-state index contributed by atoms with van der Waals surface area (Å²) in [5, 5.41) is 15.1. The summed E-state index contributed by atoms with van der Waals surface area (Å²) in [5.41, 5.74) is 3.97. The Hall–Kier alpha value is -2.00. The molecule has 0 fully saturated rings. The summed E-state index contributed by atoms with van der Waals surface area (Å²) in [6.45, 7) is 9.09. The lowest BCUT2D eigenvalue weighted by Gasteiger charge is -2.25. The number of nitrogens with one attached hydrogen (secondary N) is 2. The normalized spacial score (nSPS) is 17.1. The second-order valence-electron chi connectivity index (χ2n) is 7.99. The molecule has 24 heavy (non-hydrogen) atoms. The van der Waals surface area contributed by atoms with Crippen molar-refractivity contribution >= 4 is 10.9 Å². The van der Waals surface area contributed by atoms with Gasteiger partial charge in [-0.15, -0.1) is 0 Å². The Labute approximate surface area is 144 Å². The van der Waals surface area contributed by atoms with Crippen LogP contribution < -0.4 is 5.32 Å². The van der Waals surface area contributed by atoms with Crippen LogP contribution in [-0.4, -0.2) is 16.6 Å². The molecule has 1 heterocycles. The van der Waals surface area contributed by atoms with Gasteiger partial charge >= 0.3 is 0 Å². The van der Waals surface area contributed by atoms with E-state index in [4.69, 9.17) is 0 Å². The van der Waals surface area contributed by atoms with E-state index in [1.54, 1.807) is 0 Å². The number of aliphatic hydroxyl groups is 1. The fourth-order valence-corrected chi connectivity index (χ4v) is 3.44. The van der Waals surface area contributed by atoms with Crippen molar-refractivity contribution < 1.29 is 5.11 Å². The highest BCUT2D eigenvalue weighted by Crippen LogP contribution is 2.30. The highest BCUT2D eigenvalue weighted by molar-refractivity contribution is 5.86. The first-order chi connectivity index (χ1) is 11.3. The van der Waals surface area contributed by atoms with E-state index in [1.807, 2.05) is 26.0 Å². The molecule has 0 atom stereocenters. The van der Waals surface area contributed by atoms with Crippen molar-refractivity contribution in [1.82, 2.24) is 10.3 Å². The molecule has 3 heteroatoms. The molecule has 128 valence electrons. The zero-order chi connectivity index (χ0) is 17.4. The largest absolute Gasteiger partial charge is 0.388 e. The predicted molar refractivity (Wildman–Crippen MR) is 101 cm³/mol. The Bertz CT molecular complexity index is 788. The third-order valence-corrected chi connectivity index (χ3v) is 4.70. The number of hydrogen-bond donors (Lipinski definition) is 3. The van der Waals surface area contributed by atoms with Crippen molar-refractivity contribution in [3.63, 3.8) is 0 Å². The Morgan fingerprint density at radius 3 is 2.79 bits per heavy atom. The number of rotatable bonds is 5. The molecule has 3 nitrogen and oxygen atoms in total. The summed E-state index contributed by atoms with van der Waals surface area (Å²) in [6, 6.07) is 6.14. The van der Waals surface area contributed by atoms with E-state index in [2.05, 4.69) is 54.6 Å². The molecule has 1 aliphatic rings. The molecule has 2 aromatic rings. The molecular formula is C21H28N2O. The number of aromatic nitrogens is 1. The molecule has 0 saturated carbocycles. The van der Waals surface area contributed by atoms with Crippen LogP contribution in [0.4, 0.5) is 0 Å². The number of fused-ring (bicyclic) bond motifs is 1. The van der Waals surface area contributed by atoms with Crippen LogP contribution in [0.25, 0.3) is 10.9 Å². The summed E-state index contributed by atoms with van der Waals surface area (Å²) in [4.78, 5) is 3.35. The van der Waals surface area contributed by atoms with Crippen LogP contribution in [0.2, 0.25) is 0 Å². The van der Waals surface area contributed by atoms with Crippen LogP contribution in [0.3, 0.4) is 0 Å². The number of hydrogen-bond acceptors (Lipinski definition) is 2. The zero-order valence-corrected chi connectivity index (χ0v) is 15.1. The van der Waals surface area contributed by atoms with Crippen molar-refractivity contribution in [3.05, 3.63) is 59.4 Å². The SMILES string of the molecule is CC1(C)C=CC=C(NCCc2c[nH]c3c(C(C)(C)O)cccc23)C1. The van der Waals surface area contributed by atoms with E-state index >= 15 is 0 Å². The lowest BCUT2D eigenvalue weighted by atomic mass is 9.84. The lowest BCUT2D eigenvalue weighted by Crippen LogP contribution is -2.23. The molecule has 1 aromatic heterocycles. The van der Waals surface area contributed by atoms with E-state index in [1.165, 1.54) is 16.6 Å². The van der Waals surface area contributed by atoms with E-state index in [0.717, 1.165) is 30.5 Å². The smallest absolute Gasteiger partial charge is 0.0860 e. The first kappa shape index (κ1) is 16.8. The van der Waals surface area contributed by atoms with Gasteiger partial charge in [-0.1, -0.05) is 44.2 Å². The molecule has 0 spiro atoms. The Morgan fingerprint density at radius 1 is 1.29 bits per heavy atom. The number of aromatic amines is 1. The zero-order valence-electron chi connectivity index (χ0n) is 15.1. The molecule has 0 amide bonds. The second-order valence-corrected chi connectivity index (χ2v) is 7.99. The maximum atomic E-state index is 10.3. The van der Waals surface area contributed by atoms with Gasteiger partial charge in [-0.2, -0.15) is 0 Å². The summed E-state index contributed by atoms with van der Waals surface area (Å²) in [7, 11) is 0. The Balaban J connectivity index is 1.71. The maximum Gasteiger partial charge on any atom is 0.0860 e. The monoisotopic (exact) mass is 324 g/mol. The molecule has 0 radical (unpaired) electrons. The topological polar surface area (TPSA) is 48.0 Å². The summed E-state index contributed by atoms with van der Waals surface area (Å²) in [6.07, 6.45) is 10.7. The van der Waals surface area contributed by atoms with Gasteiger partial charge in [0.05, 0.1) is 11.1 Å². The standard InChI is InChI=1S/C21H28N2O/c1-20(2)11-6-7-16(13-20)22-12-10-15-14-23-19-17(15)8-5-9-18(19)21(3,4)24/h5-9,11,14,22-24H,10,12-13H2,1-4H3. The number of allylic oxidation sites excluding steroid dienone is 4. The van der Waals surface area contributed by atoms with Crippen LogP contribution >= 0.6 is 0 Å². The Morgan fingerprint density at radius 2 is 2.08 bits per heavy atom. The van der Waals surface area contributed by atoms with Crippen LogP contribution in [0.5, 0.6) is 0 Å². The average molecular weight is 324 g/mol. The highest BCUT2D eigenvalue weighted by atomic mass is 16.3. The minimum absolute atomic E-state index is 0.236. The summed E-state index contributed by atoms with van der Waals surface area (Å²) in [5.74, 6) is 0. The molecule has 0 saturated heterocycles. The molecule has 1 aliphatic carbocycles. The van der Waals surface area contributed by atoms with Gasteiger partial charge in [-0.3, -0.25) is 0 Å². The molecule has 1 aromatic carbocycles. The molecular weight excluding hydrogens is 296 g/mol. The first-order valence-electron chi connectivity index (χ1n) is 8.70. The van der Waals surface area contributed by atoms with Gasteiger partial charge in [0.1, 0.15) is 0 Å². The van der Waals surface area contributed by atoms with Crippen molar-refractivity contribution in [2.75, 3.05) is 6.54 Å². The van der Waals surface area contributed by atoms with Crippen molar-refractivity contribution in [2.24, 2.45) is 5.41 Å². The van der Waals surface area contributed by atoms with E-state index in [-0.39, 0.29) is 5.41 Å². The maximum absolute atomic E-state index is 10.3. The quantitative estimate of drug-likeness (QED) is 0.763. The molecule has 3 rings (SSSR count). The first-order valence-corrected chi connectivity index (χ1v) is 8.70. The summed E-state index contributed by atoms with van der Waals surface area (Å²) >= 11 is 0. The molecule has 0 unspecified atom stereocenters. The third kappa shape index (κ3) is 3.57. The lowest BCUT2D eigenvalue weighted by molar-refractivity contribution is 0.0800. The van der Waals surface area contributed by atoms with E-state index < -0.39 is 5.60 Å². The van der Waals surface area contributed by atoms with E-state index in [9.17, 15) is 5.11 Å². The second kappa shape index (κ2) is 6.14. The van der Waals surface area contributed by atoms with Gasteiger partial charge in [0.2, 0.25) is 0 Å². The summed E-state index contributed by atoms with van der Waals surface area (Å²) < 4.78 is 0. The van der Waals surface area contributed by atoms with E-state index in [0.29, 0.717) is 0 Å². The minimum Gasteiger partial charge on any atom is -0.388 e. The van der Waals surface area contributed by atoms with Crippen molar-refractivity contribution in [2.45, 2.75) is 46.1 Å². The molecule has 0 bridgehead atoms.